The molecule has 3 heteroatoms. The zero-order chi connectivity index (χ0) is 9.97. The van der Waals surface area contributed by atoms with E-state index >= 15 is 0 Å². The lowest BCUT2D eigenvalue weighted by molar-refractivity contribution is 0.343. The molecule has 1 aromatic carbocycles. The molecule has 2 aromatic rings. The van der Waals surface area contributed by atoms with Crippen molar-refractivity contribution >= 4 is 17.0 Å². The fraction of sp³-hybridized carbons (Fsp3) is 0.0909. The van der Waals surface area contributed by atoms with E-state index in [1.54, 1.807) is 24.4 Å². The Morgan fingerprint density at radius 3 is 3.07 bits per heavy atom. The lowest BCUT2D eigenvalue weighted by Gasteiger charge is -1.91. The van der Waals surface area contributed by atoms with Crippen LogP contribution in [0, 0.1) is 5.82 Å². The SMILES string of the molecule is OC/C=C/c1c[nH]c2cc(F)ccc12. The number of H-pyrrole nitrogens is 1. The molecule has 2 nitrogen and oxygen atoms in total. The third kappa shape index (κ3) is 1.54. The number of hydrogen-bond acceptors (Lipinski definition) is 1. The molecule has 0 saturated carbocycles. The van der Waals surface area contributed by atoms with E-state index in [1.165, 1.54) is 12.1 Å². The van der Waals surface area contributed by atoms with Crippen LogP contribution in [0.4, 0.5) is 4.39 Å². The van der Waals surface area contributed by atoms with Crippen LogP contribution in [0.15, 0.2) is 30.5 Å². The van der Waals surface area contributed by atoms with Gasteiger partial charge in [-0.1, -0.05) is 12.2 Å². The number of hydrogen-bond donors (Lipinski definition) is 2. The molecule has 0 aliphatic rings. The first-order valence-corrected chi connectivity index (χ1v) is 4.35. The predicted octanol–water partition coefficient (Wildman–Crippen LogP) is 2.31. The third-order valence-electron chi connectivity index (χ3n) is 2.08. The lowest BCUT2D eigenvalue weighted by atomic mass is 10.1. The van der Waals surface area contributed by atoms with Crippen LogP contribution in [0.1, 0.15) is 5.56 Å². The van der Waals surface area contributed by atoms with E-state index in [0.29, 0.717) is 0 Å². The largest absolute Gasteiger partial charge is 0.392 e. The second-order valence-corrected chi connectivity index (χ2v) is 3.02. The van der Waals surface area contributed by atoms with Gasteiger partial charge in [0.25, 0.3) is 0 Å². The molecule has 72 valence electrons. The zero-order valence-corrected chi connectivity index (χ0v) is 7.50. The van der Waals surface area contributed by atoms with E-state index in [0.717, 1.165) is 16.5 Å². The number of benzene rings is 1. The van der Waals surface area contributed by atoms with E-state index < -0.39 is 0 Å². The Kier molecular flexibility index (Phi) is 2.33. The average molecular weight is 191 g/mol. The number of rotatable bonds is 2. The molecule has 0 fully saturated rings. The van der Waals surface area contributed by atoms with Gasteiger partial charge in [0, 0.05) is 17.1 Å². The molecule has 2 N–H and O–H groups in total. The van der Waals surface area contributed by atoms with E-state index in [4.69, 9.17) is 5.11 Å². The summed E-state index contributed by atoms with van der Waals surface area (Å²) in [4.78, 5) is 2.97. The molecule has 1 heterocycles. The summed E-state index contributed by atoms with van der Waals surface area (Å²) in [5.41, 5.74) is 1.72. The minimum atomic E-state index is -0.253. The molecule has 0 saturated heterocycles. The quantitative estimate of drug-likeness (QED) is 0.750. The van der Waals surface area contributed by atoms with Crippen LogP contribution in [-0.4, -0.2) is 16.7 Å². The average Bonchev–Trinajstić information content (AvgIpc) is 2.57. The summed E-state index contributed by atoms with van der Waals surface area (Å²) in [5, 5.41) is 9.58. The second-order valence-electron chi connectivity index (χ2n) is 3.02. The van der Waals surface area contributed by atoms with Crippen LogP contribution >= 0.6 is 0 Å². The van der Waals surface area contributed by atoms with Crippen molar-refractivity contribution in [3.05, 3.63) is 41.9 Å². The summed E-state index contributed by atoms with van der Waals surface area (Å²) in [5.74, 6) is -0.253. The van der Waals surface area contributed by atoms with Gasteiger partial charge in [-0.15, -0.1) is 0 Å². The number of aromatic amines is 1. The number of nitrogens with one attached hydrogen (secondary N) is 1. The van der Waals surface area contributed by atoms with Crippen molar-refractivity contribution in [2.45, 2.75) is 0 Å². The minimum Gasteiger partial charge on any atom is -0.392 e. The molecule has 14 heavy (non-hydrogen) atoms. The first-order valence-electron chi connectivity index (χ1n) is 4.35. The van der Waals surface area contributed by atoms with Crippen LogP contribution < -0.4 is 0 Å². The predicted molar refractivity (Wildman–Crippen MR) is 54.4 cm³/mol. The van der Waals surface area contributed by atoms with Gasteiger partial charge in [0.05, 0.1) is 6.61 Å². The smallest absolute Gasteiger partial charge is 0.125 e. The molecular formula is C11H10FNO. The molecule has 0 radical (unpaired) electrons. The Morgan fingerprint density at radius 1 is 1.43 bits per heavy atom. The van der Waals surface area contributed by atoms with Gasteiger partial charge in [0.15, 0.2) is 0 Å². The van der Waals surface area contributed by atoms with Gasteiger partial charge in [-0.3, -0.25) is 0 Å². The van der Waals surface area contributed by atoms with Crippen molar-refractivity contribution in [3.8, 4) is 0 Å². The standard InChI is InChI=1S/C11H10FNO/c12-9-3-4-10-8(2-1-5-14)7-13-11(10)6-9/h1-4,6-7,13-14H,5H2/b2-1+. The third-order valence-corrected chi connectivity index (χ3v) is 2.08. The van der Waals surface area contributed by atoms with Crippen LogP contribution in [0.2, 0.25) is 0 Å². The normalized spacial score (nSPS) is 11.6. The molecule has 1 aromatic heterocycles. The van der Waals surface area contributed by atoms with Crippen molar-refractivity contribution < 1.29 is 9.50 Å². The van der Waals surface area contributed by atoms with Crippen molar-refractivity contribution in [2.24, 2.45) is 0 Å². The number of halogens is 1. The summed E-state index contributed by atoms with van der Waals surface area (Å²) in [7, 11) is 0. The zero-order valence-electron chi connectivity index (χ0n) is 7.50. The molecule has 0 spiro atoms. The monoisotopic (exact) mass is 191 g/mol. The van der Waals surface area contributed by atoms with Gasteiger partial charge < -0.3 is 10.1 Å². The number of fused-ring (bicyclic) bond motifs is 1. The highest BCUT2D eigenvalue weighted by Crippen LogP contribution is 2.20. The van der Waals surface area contributed by atoms with Crippen molar-refractivity contribution in [3.63, 3.8) is 0 Å². The van der Waals surface area contributed by atoms with Crippen LogP contribution in [0.3, 0.4) is 0 Å². The van der Waals surface area contributed by atoms with E-state index in [2.05, 4.69) is 4.98 Å². The maximum Gasteiger partial charge on any atom is 0.125 e. The van der Waals surface area contributed by atoms with Crippen molar-refractivity contribution in [1.82, 2.24) is 4.98 Å². The second kappa shape index (κ2) is 3.64. The highest BCUT2D eigenvalue weighted by molar-refractivity contribution is 5.88. The minimum absolute atomic E-state index is 0.00781. The van der Waals surface area contributed by atoms with E-state index in [9.17, 15) is 4.39 Å². The topological polar surface area (TPSA) is 36.0 Å². The van der Waals surface area contributed by atoms with Gasteiger partial charge in [0.1, 0.15) is 5.82 Å². The molecule has 2 rings (SSSR count). The molecule has 0 bridgehead atoms. The molecule has 0 atom stereocenters. The molecule has 0 amide bonds. The molecule has 0 aliphatic heterocycles. The summed E-state index contributed by atoms with van der Waals surface area (Å²) >= 11 is 0. The van der Waals surface area contributed by atoms with Gasteiger partial charge in [-0.25, -0.2) is 4.39 Å². The van der Waals surface area contributed by atoms with Gasteiger partial charge in [-0.2, -0.15) is 0 Å². The van der Waals surface area contributed by atoms with Crippen LogP contribution in [0.25, 0.3) is 17.0 Å². The highest BCUT2D eigenvalue weighted by atomic mass is 19.1. The fourth-order valence-electron chi connectivity index (χ4n) is 1.44. The maximum absolute atomic E-state index is 12.8. The first kappa shape index (κ1) is 8.97. The Morgan fingerprint density at radius 2 is 2.29 bits per heavy atom. The van der Waals surface area contributed by atoms with E-state index in [1.807, 2.05) is 0 Å². The summed E-state index contributed by atoms with van der Waals surface area (Å²) in [6.07, 6.45) is 5.24. The van der Waals surface area contributed by atoms with Gasteiger partial charge in [0.2, 0.25) is 0 Å². The Bertz CT molecular complexity index is 473. The Balaban J connectivity index is 2.53. The number of aliphatic hydroxyl groups is 1. The molecular weight excluding hydrogens is 181 g/mol. The van der Waals surface area contributed by atoms with Crippen molar-refractivity contribution in [2.75, 3.05) is 6.61 Å². The Hall–Kier alpha value is -1.61. The summed E-state index contributed by atoms with van der Waals surface area (Å²) in [6, 6.07) is 4.59. The molecule has 0 unspecified atom stereocenters. The van der Waals surface area contributed by atoms with Crippen LogP contribution in [-0.2, 0) is 0 Å². The van der Waals surface area contributed by atoms with Crippen LogP contribution in [0.5, 0.6) is 0 Å². The van der Waals surface area contributed by atoms with Crippen molar-refractivity contribution in [1.29, 1.82) is 0 Å². The highest BCUT2D eigenvalue weighted by Gasteiger charge is 2.00. The fourth-order valence-corrected chi connectivity index (χ4v) is 1.44. The Labute approximate surface area is 80.7 Å². The van der Waals surface area contributed by atoms with Gasteiger partial charge >= 0.3 is 0 Å². The first-order chi connectivity index (χ1) is 6.81. The lowest BCUT2D eigenvalue weighted by Crippen LogP contribution is -1.74. The summed E-state index contributed by atoms with van der Waals surface area (Å²) < 4.78 is 12.8. The molecule has 0 aliphatic carbocycles. The van der Waals surface area contributed by atoms with E-state index in [-0.39, 0.29) is 12.4 Å². The number of aliphatic hydroxyl groups excluding tert-OH is 1. The maximum atomic E-state index is 12.8. The van der Waals surface area contributed by atoms with Gasteiger partial charge in [-0.05, 0) is 23.8 Å². The summed E-state index contributed by atoms with van der Waals surface area (Å²) in [6.45, 7) is 0.00781. The number of aromatic nitrogens is 1.